The molecular formula is C27H38N4O2. The van der Waals surface area contributed by atoms with Gasteiger partial charge < -0.3 is 10.2 Å². The Bertz CT molecular complexity index is 927. The minimum Gasteiger partial charge on any atom is -0.355 e. The Morgan fingerprint density at radius 3 is 2.15 bits per heavy atom. The molecule has 0 spiro atoms. The van der Waals surface area contributed by atoms with Gasteiger partial charge in [0.2, 0.25) is 5.91 Å². The van der Waals surface area contributed by atoms with E-state index in [4.69, 9.17) is 0 Å². The average Bonchev–Trinajstić information content (AvgIpc) is 3.20. The van der Waals surface area contributed by atoms with Crippen molar-refractivity contribution in [3.05, 3.63) is 64.7 Å². The second kappa shape index (κ2) is 11.3. The van der Waals surface area contributed by atoms with E-state index < -0.39 is 0 Å². The standard InChI is InChI=1S/C27H38N4O2/c1-20(2)10-9-15-28-25(32)18-30(27-21(3)11-8-12-22(27)4)19-26(33)29(5)31-16-23-13-6-7-14-24(23)17-31/h6-8,11-14,20H,9-10,15-19H2,1-5H3,(H,28,32). The first-order valence-electron chi connectivity index (χ1n) is 11.9. The molecule has 0 bridgehead atoms. The molecule has 1 N–H and O–H groups in total. The molecule has 2 aromatic carbocycles. The quantitative estimate of drug-likeness (QED) is 0.555. The number of hydrogen-bond donors (Lipinski definition) is 1. The van der Waals surface area contributed by atoms with Crippen molar-refractivity contribution in [1.29, 1.82) is 0 Å². The molecule has 6 nitrogen and oxygen atoms in total. The van der Waals surface area contributed by atoms with E-state index in [-0.39, 0.29) is 24.9 Å². The number of fused-ring (bicyclic) bond motifs is 1. The van der Waals surface area contributed by atoms with E-state index in [0.29, 0.717) is 12.5 Å². The van der Waals surface area contributed by atoms with E-state index in [1.54, 1.807) is 5.01 Å². The number of aryl methyl sites for hydroxylation is 2. The summed E-state index contributed by atoms with van der Waals surface area (Å²) in [5.41, 5.74) is 5.59. The van der Waals surface area contributed by atoms with Gasteiger partial charge in [-0.05, 0) is 54.9 Å². The number of rotatable bonds is 10. The third kappa shape index (κ3) is 6.57. The second-order valence-electron chi connectivity index (χ2n) is 9.49. The monoisotopic (exact) mass is 450 g/mol. The van der Waals surface area contributed by atoms with Crippen molar-refractivity contribution in [3.8, 4) is 0 Å². The molecule has 0 saturated heterocycles. The number of nitrogens with one attached hydrogen (secondary N) is 1. The first-order chi connectivity index (χ1) is 15.8. The van der Waals surface area contributed by atoms with Crippen molar-refractivity contribution in [2.75, 3.05) is 31.6 Å². The molecule has 2 amide bonds. The maximum absolute atomic E-state index is 13.3. The Hall–Kier alpha value is -2.86. The van der Waals surface area contributed by atoms with Crippen LogP contribution >= 0.6 is 0 Å². The van der Waals surface area contributed by atoms with Crippen LogP contribution in [-0.2, 0) is 22.7 Å². The summed E-state index contributed by atoms with van der Waals surface area (Å²) in [5.74, 6) is 0.543. The number of para-hydroxylation sites is 1. The molecule has 0 aliphatic carbocycles. The lowest BCUT2D eigenvalue weighted by molar-refractivity contribution is -0.145. The smallest absolute Gasteiger partial charge is 0.256 e. The highest BCUT2D eigenvalue weighted by Gasteiger charge is 2.27. The molecule has 0 unspecified atom stereocenters. The Kier molecular flexibility index (Phi) is 8.50. The summed E-state index contributed by atoms with van der Waals surface area (Å²) in [6, 6.07) is 14.4. The highest BCUT2D eigenvalue weighted by molar-refractivity contribution is 5.87. The first kappa shape index (κ1) is 24.8. The van der Waals surface area contributed by atoms with Crippen LogP contribution < -0.4 is 10.2 Å². The largest absolute Gasteiger partial charge is 0.355 e. The fraction of sp³-hybridized carbons (Fsp3) is 0.481. The normalized spacial score (nSPS) is 13.2. The topological polar surface area (TPSA) is 55.9 Å². The van der Waals surface area contributed by atoms with Crippen molar-refractivity contribution in [3.63, 3.8) is 0 Å². The lowest BCUT2D eigenvalue weighted by Crippen LogP contribution is -2.48. The van der Waals surface area contributed by atoms with E-state index >= 15 is 0 Å². The summed E-state index contributed by atoms with van der Waals surface area (Å²) in [6.07, 6.45) is 2.05. The lowest BCUT2D eigenvalue weighted by Gasteiger charge is -2.32. The molecule has 6 heteroatoms. The number of benzene rings is 2. The first-order valence-corrected chi connectivity index (χ1v) is 11.9. The van der Waals surface area contributed by atoms with Gasteiger partial charge in [0, 0.05) is 32.4 Å². The third-order valence-electron chi connectivity index (χ3n) is 6.31. The van der Waals surface area contributed by atoms with Gasteiger partial charge in [0.1, 0.15) is 0 Å². The van der Waals surface area contributed by atoms with Gasteiger partial charge in [-0.1, -0.05) is 56.3 Å². The molecule has 0 aromatic heterocycles. The van der Waals surface area contributed by atoms with E-state index in [0.717, 1.165) is 42.7 Å². The summed E-state index contributed by atoms with van der Waals surface area (Å²) < 4.78 is 0. The van der Waals surface area contributed by atoms with Gasteiger partial charge in [-0.15, -0.1) is 0 Å². The van der Waals surface area contributed by atoms with Gasteiger partial charge in [-0.25, -0.2) is 5.01 Å². The van der Waals surface area contributed by atoms with Crippen LogP contribution in [0, 0.1) is 19.8 Å². The zero-order valence-corrected chi connectivity index (χ0v) is 20.7. The number of carbonyl (C=O) groups is 2. The molecule has 1 heterocycles. The molecule has 33 heavy (non-hydrogen) atoms. The van der Waals surface area contributed by atoms with Crippen molar-refractivity contribution in [1.82, 2.24) is 15.3 Å². The second-order valence-corrected chi connectivity index (χ2v) is 9.49. The SMILES string of the molecule is Cc1cccc(C)c1N(CC(=O)NCCCC(C)C)CC(=O)N(C)N1Cc2ccccc2C1. The maximum Gasteiger partial charge on any atom is 0.256 e. The Morgan fingerprint density at radius 1 is 0.970 bits per heavy atom. The summed E-state index contributed by atoms with van der Waals surface area (Å²) in [7, 11) is 1.82. The van der Waals surface area contributed by atoms with Crippen molar-refractivity contribution in [2.45, 2.75) is 53.6 Å². The zero-order valence-electron chi connectivity index (χ0n) is 20.7. The number of likely N-dealkylation sites (N-methyl/N-ethyl adjacent to an activating group) is 1. The van der Waals surface area contributed by atoms with E-state index in [2.05, 4.69) is 36.3 Å². The van der Waals surface area contributed by atoms with E-state index in [1.807, 2.05) is 56.1 Å². The Labute approximate surface area is 198 Å². The molecule has 0 radical (unpaired) electrons. The highest BCUT2D eigenvalue weighted by atomic mass is 16.2. The molecular weight excluding hydrogens is 412 g/mol. The fourth-order valence-electron chi connectivity index (χ4n) is 4.44. The maximum atomic E-state index is 13.3. The average molecular weight is 451 g/mol. The van der Waals surface area contributed by atoms with Gasteiger partial charge in [0.25, 0.3) is 5.91 Å². The number of nitrogens with zero attached hydrogens (tertiary/aromatic N) is 3. The van der Waals surface area contributed by atoms with Gasteiger partial charge in [-0.3, -0.25) is 14.6 Å². The summed E-state index contributed by atoms with van der Waals surface area (Å²) in [5, 5.41) is 6.80. The van der Waals surface area contributed by atoms with Gasteiger partial charge >= 0.3 is 0 Å². The van der Waals surface area contributed by atoms with Crippen molar-refractivity contribution in [2.24, 2.45) is 5.92 Å². The van der Waals surface area contributed by atoms with Gasteiger partial charge in [-0.2, -0.15) is 0 Å². The number of hydrazine groups is 1. The molecule has 0 fully saturated rings. The predicted octanol–water partition coefficient (Wildman–Crippen LogP) is 4.05. The fourth-order valence-corrected chi connectivity index (χ4v) is 4.44. The zero-order chi connectivity index (χ0) is 24.0. The minimum absolute atomic E-state index is 0.0296. The van der Waals surface area contributed by atoms with Gasteiger partial charge in [0.15, 0.2) is 0 Å². The molecule has 3 rings (SSSR count). The van der Waals surface area contributed by atoms with Crippen molar-refractivity contribution < 1.29 is 9.59 Å². The van der Waals surface area contributed by atoms with E-state index in [1.165, 1.54) is 11.1 Å². The highest BCUT2D eigenvalue weighted by Crippen LogP contribution is 2.26. The van der Waals surface area contributed by atoms with Gasteiger partial charge in [0.05, 0.1) is 13.1 Å². The van der Waals surface area contributed by atoms with Crippen LogP contribution in [0.5, 0.6) is 0 Å². The number of amides is 2. The van der Waals surface area contributed by atoms with E-state index in [9.17, 15) is 9.59 Å². The third-order valence-corrected chi connectivity index (χ3v) is 6.31. The molecule has 1 aliphatic heterocycles. The summed E-state index contributed by atoms with van der Waals surface area (Å²) in [6.45, 7) is 10.8. The number of carbonyl (C=O) groups excluding carboxylic acids is 2. The van der Waals surface area contributed by atoms with Crippen molar-refractivity contribution >= 4 is 17.5 Å². The van der Waals surface area contributed by atoms with Crippen LogP contribution in [0.3, 0.4) is 0 Å². The van der Waals surface area contributed by atoms with Crippen LogP contribution in [0.15, 0.2) is 42.5 Å². The summed E-state index contributed by atoms with van der Waals surface area (Å²) >= 11 is 0. The van der Waals surface area contributed by atoms with Crippen LogP contribution in [0.4, 0.5) is 5.69 Å². The van der Waals surface area contributed by atoms with Crippen LogP contribution in [-0.4, -0.2) is 48.5 Å². The van der Waals surface area contributed by atoms with Crippen LogP contribution in [0.2, 0.25) is 0 Å². The Balaban J connectivity index is 1.69. The minimum atomic E-state index is -0.0505. The molecule has 0 atom stereocenters. The van der Waals surface area contributed by atoms with Crippen LogP contribution in [0.1, 0.15) is 48.9 Å². The predicted molar refractivity (Wildman–Crippen MR) is 134 cm³/mol. The Morgan fingerprint density at radius 2 is 1.58 bits per heavy atom. The molecule has 1 aliphatic rings. The molecule has 2 aromatic rings. The summed E-state index contributed by atoms with van der Waals surface area (Å²) in [4.78, 5) is 28.0. The molecule has 0 saturated carbocycles. The number of anilines is 1. The molecule has 178 valence electrons. The lowest BCUT2D eigenvalue weighted by atomic mass is 10.1. The number of hydrogen-bond acceptors (Lipinski definition) is 4. The van der Waals surface area contributed by atoms with Crippen LogP contribution in [0.25, 0.3) is 0 Å².